The van der Waals surface area contributed by atoms with Gasteiger partial charge in [0.2, 0.25) is 0 Å². The molecule has 0 heterocycles. The van der Waals surface area contributed by atoms with Crippen molar-refractivity contribution in [2.45, 2.75) is 95.3 Å². The second kappa shape index (κ2) is 8.56. The molecule has 0 amide bonds. The van der Waals surface area contributed by atoms with Crippen LogP contribution in [-0.4, -0.2) is 39.8 Å². The highest BCUT2D eigenvalue weighted by Gasteiger charge is 2.86. The van der Waals surface area contributed by atoms with Crippen LogP contribution >= 0.6 is 0 Å². The van der Waals surface area contributed by atoms with E-state index in [0.29, 0.717) is 5.56 Å². The summed E-state index contributed by atoms with van der Waals surface area (Å²) >= 11 is 0. The Bertz CT molecular complexity index is 1020. The molecule has 0 saturated carbocycles. The molecule has 0 N–H and O–H groups in total. The van der Waals surface area contributed by atoms with Crippen LogP contribution < -0.4 is 9.37 Å². The lowest BCUT2D eigenvalue weighted by Gasteiger charge is -2.35. The zero-order valence-corrected chi connectivity index (χ0v) is 22.5. The summed E-state index contributed by atoms with van der Waals surface area (Å²) in [5.41, 5.74) is -0.982. The van der Waals surface area contributed by atoms with Crippen molar-refractivity contribution in [2.24, 2.45) is 0 Å². The molecule has 14 heteroatoms. The van der Waals surface area contributed by atoms with Gasteiger partial charge >= 0.3 is 33.4 Å². The van der Waals surface area contributed by atoms with Gasteiger partial charge < -0.3 is 4.18 Å². The van der Waals surface area contributed by atoms with E-state index in [4.69, 9.17) is 0 Å². The molecule has 0 aliphatic rings. The Hall–Kier alpha value is -1.44. The van der Waals surface area contributed by atoms with Crippen LogP contribution in [0, 0.1) is 0 Å². The van der Waals surface area contributed by atoms with Crippen LogP contribution in [0.5, 0.6) is 5.75 Å². The zero-order chi connectivity index (χ0) is 28.4. The number of alkyl halides is 9. The number of rotatable bonds is 6. The van der Waals surface area contributed by atoms with Gasteiger partial charge in [0.05, 0.1) is 8.07 Å². The monoisotopic (exact) mass is 560 g/mol. The van der Waals surface area contributed by atoms with Gasteiger partial charge in [0, 0.05) is 5.56 Å². The van der Waals surface area contributed by atoms with Gasteiger partial charge in [-0.25, -0.2) is 0 Å². The molecule has 204 valence electrons. The summed E-state index contributed by atoms with van der Waals surface area (Å²) in [5.74, 6) is -15.5. The Morgan fingerprint density at radius 2 is 1.14 bits per heavy atom. The smallest absolute Gasteiger partial charge is 0.378 e. The van der Waals surface area contributed by atoms with Crippen molar-refractivity contribution < 1.29 is 52.1 Å². The van der Waals surface area contributed by atoms with Crippen molar-refractivity contribution in [2.75, 3.05) is 0 Å². The second-order valence-corrected chi connectivity index (χ2v) is 18.0. The third-order valence-electron chi connectivity index (χ3n) is 5.19. The minimum atomic E-state index is -7.37. The fourth-order valence-corrected chi connectivity index (χ4v) is 5.42. The van der Waals surface area contributed by atoms with Gasteiger partial charge in [-0.2, -0.15) is 47.9 Å². The van der Waals surface area contributed by atoms with Crippen LogP contribution in [0.3, 0.4) is 0 Å². The molecule has 0 fully saturated rings. The molecule has 0 aliphatic carbocycles. The Labute approximate surface area is 200 Å². The first-order valence-electron chi connectivity index (χ1n) is 10.3. The Morgan fingerprint density at radius 1 is 0.714 bits per heavy atom. The van der Waals surface area contributed by atoms with Crippen molar-refractivity contribution in [3.05, 3.63) is 23.3 Å². The standard InChI is InChI=1S/C21H29F9O3SSi/c1-16(2,3)12-10-13(17(4,5)6)15(14(11-12)35(7,8)9)33-34(31,32)21(29,30)19(24,25)18(22,23)20(26,27)28/h10-11H,1-9H3. The highest BCUT2D eigenvalue weighted by molar-refractivity contribution is 7.88. The SMILES string of the molecule is CC(C)(C)c1cc(C(C)(C)C)c(OS(=O)(=O)C(F)(F)C(F)(F)C(F)(F)C(F)(F)F)c([Si](C)(C)C)c1. The summed E-state index contributed by atoms with van der Waals surface area (Å²) in [4.78, 5) is 0. The molecular formula is C21H29F9O3SSi. The first-order valence-corrected chi connectivity index (χ1v) is 15.2. The van der Waals surface area contributed by atoms with Crippen molar-refractivity contribution in [1.29, 1.82) is 0 Å². The van der Waals surface area contributed by atoms with Crippen molar-refractivity contribution in [3.63, 3.8) is 0 Å². The molecule has 0 saturated heterocycles. The fourth-order valence-electron chi connectivity index (χ4n) is 2.95. The quantitative estimate of drug-likeness (QED) is 0.215. The van der Waals surface area contributed by atoms with Crippen LogP contribution in [0.1, 0.15) is 52.7 Å². The minimum absolute atomic E-state index is 0.0207. The average molecular weight is 561 g/mol. The first-order chi connectivity index (χ1) is 14.9. The maximum Gasteiger partial charge on any atom is 0.460 e. The molecule has 0 atom stereocenters. The lowest BCUT2D eigenvalue weighted by molar-refractivity contribution is -0.382. The van der Waals surface area contributed by atoms with E-state index in [1.807, 2.05) is 0 Å². The van der Waals surface area contributed by atoms with E-state index in [0.717, 1.165) is 0 Å². The summed E-state index contributed by atoms with van der Waals surface area (Å²) < 4.78 is 150. The van der Waals surface area contributed by atoms with Crippen LogP contribution in [0.25, 0.3) is 0 Å². The molecule has 3 nitrogen and oxygen atoms in total. The molecule has 0 radical (unpaired) electrons. The molecule has 1 aromatic carbocycles. The minimum Gasteiger partial charge on any atom is -0.378 e. The van der Waals surface area contributed by atoms with Crippen LogP contribution in [0.2, 0.25) is 19.6 Å². The number of benzene rings is 1. The number of hydrogen-bond acceptors (Lipinski definition) is 3. The van der Waals surface area contributed by atoms with Gasteiger partial charge in [-0.3, -0.25) is 0 Å². The van der Waals surface area contributed by atoms with E-state index < -0.39 is 58.0 Å². The third-order valence-corrected chi connectivity index (χ3v) is 8.45. The van der Waals surface area contributed by atoms with Crippen LogP contribution in [0.15, 0.2) is 12.1 Å². The highest BCUT2D eigenvalue weighted by atomic mass is 32.2. The van der Waals surface area contributed by atoms with Crippen molar-refractivity contribution in [3.8, 4) is 5.75 Å². The average Bonchev–Trinajstić information content (AvgIpc) is 2.56. The largest absolute Gasteiger partial charge is 0.460 e. The fraction of sp³-hybridized carbons (Fsp3) is 0.714. The van der Waals surface area contributed by atoms with E-state index in [-0.39, 0.29) is 10.8 Å². The lowest BCUT2D eigenvalue weighted by Crippen LogP contribution is -2.64. The Balaban J connectivity index is 3.99. The molecule has 0 bridgehead atoms. The van der Waals surface area contributed by atoms with Crippen LogP contribution in [-0.2, 0) is 20.9 Å². The predicted molar refractivity (Wildman–Crippen MR) is 117 cm³/mol. The van der Waals surface area contributed by atoms with Crippen LogP contribution in [0.4, 0.5) is 39.5 Å². The van der Waals surface area contributed by atoms with Gasteiger partial charge in [0.1, 0.15) is 5.75 Å². The zero-order valence-electron chi connectivity index (χ0n) is 20.7. The van der Waals surface area contributed by atoms with Crippen molar-refractivity contribution >= 4 is 23.4 Å². The summed E-state index contributed by atoms with van der Waals surface area (Å²) in [6.07, 6.45) is -7.16. The second-order valence-electron chi connectivity index (χ2n) is 11.4. The molecule has 1 rings (SSSR count). The topological polar surface area (TPSA) is 43.4 Å². The number of halogens is 9. The molecule has 0 aromatic heterocycles. The van der Waals surface area contributed by atoms with E-state index in [9.17, 15) is 47.9 Å². The van der Waals surface area contributed by atoms with E-state index in [2.05, 4.69) is 4.18 Å². The van der Waals surface area contributed by atoms with E-state index in [1.165, 1.54) is 32.9 Å². The van der Waals surface area contributed by atoms with Gasteiger partial charge in [-0.15, -0.1) is 0 Å². The number of hydrogen-bond donors (Lipinski definition) is 0. The summed E-state index contributed by atoms with van der Waals surface area (Å²) in [5, 5.41) is -6.85. The molecular weight excluding hydrogens is 531 g/mol. The normalized spacial score (nSPS) is 15.4. The van der Waals surface area contributed by atoms with E-state index >= 15 is 0 Å². The predicted octanol–water partition coefficient (Wildman–Crippen LogP) is 6.96. The van der Waals surface area contributed by atoms with Gasteiger partial charge in [0.15, 0.2) is 0 Å². The molecule has 0 unspecified atom stereocenters. The Kier molecular flexibility index (Phi) is 7.72. The summed E-state index contributed by atoms with van der Waals surface area (Å²) in [6.45, 7) is 15.0. The first kappa shape index (κ1) is 31.6. The molecule has 0 aliphatic heterocycles. The van der Waals surface area contributed by atoms with Gasteiger partial charge in [-0.1, -0.05) is 73.3 Å². The maximum absolute atomic E-state index is 14.4. The molecule has 0 spiro atoms. The summed E-state index contributed by atoms with van der Waals surface area (Å²) in [6, 6.07) is 2.86. The van der Waals surface area contributed by atoms with Gasteiger partial charge in [-0.05, 0) is 21.6 Å². The van der Waals surface area contributed by atoms with E-state index in [1.54, 1.807) is 40.4 Å². The Morgan fingerprint density at radius 3 is 1.46 bits per heavy atom. The maximum atomic E-state index is 14.4. The van der Waals surface area contributed by atoms with Crippen molar-refractivity contribution in [1.82, 2.24) is 0 Å². The lowest BCUT2D eigenvalue weighted by atomic mass is 9.80. The summed E-state index contributed by atoms with van der Waals surface area (Å²) in [7, 11) is -9.79. The molecule has 35 heavy (non-hydrogen) atoms. The molecule has 1 aromatic rings. The third kappa shape index (κ3) is 5.62. The highest BCUT2D eigenvalue weighted by Crippen LogP contribution is 2.55. The van der Waals surface area contributed by atoms with Gasteiger partial charge in [0.25, 0.3) is 0 Å².